The Morgan fingerprint density at radius 3 is 2.90 bits per heavy atom. The second-order valence-electron chi connectivity index (χ2n) is 10.4. The number of hydrogen-bond acceptors (Lipinski definition) is 8. The summed E-state index contributed by atoms with van der Waals surface area (Å²) in [6.07, 6.45) is 4.00. The first kappa shape index (κ1) is 25.3. The number of hydrogen-bond donors (Lipinski definition) is 0. The number of pyridine rings is 1. The highest BCUT2D eigenvalue weighted by atomic mass is 32.1. The van der Waals surface area contributed by atoms with Gasteiger partial charge in [-0.2, -0.15) is 16.6 Å². The zero-order valence-corrected chi connectivity index (χ0v) is 22.9. The Balaban J connectivity index is 1.57. The molecule has 0 aliphatic carbocycles. The van der Waals surface area contributed by atoms with Crippen LogP contribution in [0, 0.1) is 11.3 Å². The van der Waals surface area contributed by atoms with Crippen LogP contribution in [0.2, 0.25) is 0 Å². The lowest BCUT2D eigenvalue weighted by Gasteiger charge is -2.42. The maximum absolute atomic E-state index is 14.1. The van der Waals surface area contributed by atoms with Gasteiger partial charge < -0.3 is 18.8 Å². The van der Waals surface area contributed by atoms with Crippen LogP contribution in [0.5, 0.6) is 5.75 Å². The van der Waals surface area contributed by atoms with Gasteiger partial charge in [0.15, 0.2) is 11.5 Å². The number of nitrogens with zero attached hydrogens (tertiary/aromatic N) is 4. The minimum absolute atomic E-state index is 0.00376. The third-order valence-electron chi connectivity index (χ3n) is 7.52. The predicted molar refractivity (Wildman–Crippen MR) is 150 cm³/mol. The van der Waals surface area contributed by atoms with E-state index in [1.807, 2.05) is 30.9 Å². The zero-order chi connectivity index (χ0) is 27.1. The molecule has 0 spiro atoms. The summed E-state index contributed by atoms with van der Waals surface area (Å²) in [4.78, 5) is 25.0. The Kier molecular flexibility index (Phi) is 6.45. The van der Waals surface area contributed by atoms with Crippen LogP contribution in [-0.2, 0) is 9.53 Å². The van der Waals surface area contributed by atoms with Crippen molar-refractivity contribution in [1.82, 2.24) is 9.88 Å². The van der Waals surface area contributed by atoms with E-state index in [9.17, 15) is 10.1 Å². The first-order valence-corrected chi connectivity index (χ1v) is 13.8. The molecule has 2 aliphatic rings. The van der Waals surface area contributed by atoms with Crippen molar-refractivity contribution in [1.29, 1.82) is 5.26 Å². The van der Waals surface area contributed by atoms with Crippen LogP contribution >= 0.6 is 11.3 Å². The van der Waals surface area contributed by atoms with Gasteiger partial charge >= 0.3 is 0 Å². The maximum atomic E-state index is 14.1. The Bertz CT molecular complexity index is 1630. The van der Waals surface area contributed by atoms with Gasteiger partial charge in [0.1, 0.15) is 17.4 Å². The van der Waals surface area contributed by atoms with Gasteiger partial charge in [-0.25, -0.2) is 0 Å². The van der Waals surface area contributed by atoms with Gasteiger partial charge in [-0.05, 0) is 54.8 Å². The summed E-state index contributed by atoms with van der Waals surface area (Å²) >= 11 is 1.65. The molecule has 2 aliphatic heterocycles. The Morgan fingerprint density at radius 2 is 2.15 bits per heavy atom. The smallest absolute Gasteiger partial charge is 0.276 e. The molecular formula is C30H28N4O4S. The van der Waals surface area contributed by atoms with E-state index < -0.39 is 5.54 Å². The summed E-state index contributed by atoms with van der Waals surface area (Å²) in [5.74, 6) is 0.959. The van der Waals surface area contributed by atoms with E-state index in [1.165, 1.54) is 11.8 Å². The van der Waals surface area contributed by atoms with E-state index in [2.05, 4.69) is 27.9 Å². The summed E-state index contributed by atoms with van der Waals surface area (Å²) in [5, 5.41) is 14.5. The van der Waals surface area contributed by atoms with Crippen LogP contribution in [0.25, 0.3) is 22.1 Å². The number of aliphatic imine (C=N–C) groups is 1. The van der Waals surface area contributed by atoms with E-state index in [0.717, 1.165) is 28.5 Å². The summed E-state index contributed by atoms with van der Waals surface area (Å²) in [5.41, 5.74) is 4.66. The Hall–Kier alpha value is -4.00. The molecule has 1 saturated heterocycles. The van der Waals surface area contributed by atoms with Crippen LogP contribution in [0.3, 0.4) is 0 Å². The van der Waals surface area contributed by atoms with Gasteiger partial charge in [-0.3, -0.25) is 14.8 Å². The van der Waals surface area contributed by atoms with Gasteiger partial charge in [-0.1, -0.05) is 0 Å². The molecule has 39 heavy (non-hydrogen) atoms. The van der Waals surface area contributed by atoms with Crippen molar-refractivity contribution >= 4 is 33.9 Å². The summed E-state index contributed by atoms with van der Waals surface area (Å²) in [6.45, 7) is 5.98. The third-order valence-corrected chi connectivity index (χ3v) is 8.22. The van der Waals surface area contributed by atoms with Crippen molar-refractivity contribution in [3.63, 3.8) is 0 Å². The number of nitriles is 1. The molecule has 8 nitrogen and oxygen atoms in total. The van der Waals surface area contributed by atoms with E-state index in [1.54, 1.807) is 30.7 Å². The summed E-state index contributed by atoms with van der Waals surface area (Å²) in [6, 6.07) is 9.96. The maximum Gasteiger partial charge on any atom is 0.276 e. The fourth-order valence-electron chi connectivity index (χ4n) is 5.56. The SMILES string of the molecule is COc1cc2oc3c(c2cc1-c1cncc(C#N)c1)C(c1ccsc1)CCN=C3C(=O)N1CCOCC1(C)C. The van der Waals surface area contributed by atoms with E-state index in [0.29, 0.717) is 54.7 Å². The fraction of sp³-hybridized carbons (Fsp3) is 0.333. The second kappa shape index (κ2) is 9.95. The van der Waals surface area contributed by atoms with Crippen molar-refractivity contribution in [2.45, 2.75) is 31.7 Å². The molecule has 0 saturated carbocycles. The number of carbonyl (C=O) groups is 1. The number of benzene rings is 1. The van der Waals surface area contributed by atoms with E-state index >= 15 is 0 Å². The number of amides is 1. The lowest BCUT2D eigenvalue weighted by Crippen LogP contribution is -2.57. The van der Waals surface area contributed by atoms with Crippen LogP contribution in [0.4, 0.5) is 0 Å². The lowest BCUT2D eigenvalue weighted by molar-refractivity contribution is -0.138. The number of ether oxygens (including phenoxy) is 2. The molecule has 0 bridgehead atoms. The number of morpholine rings is 1. The van der Waals surface area contributed by atoms with Gasteiger partial charge in [0.2, 0.25) is 0 Å². The molecule has 6 rings (SSSR count). The lowest BCUT2D eigenvalue weighted by atomic mass is 9.87. The number of rotatable bonds is 4. The molecule has 9 heteroatoms. The highest BCUT2D eigenvalue weighted by Gasteiger charge is 2.40. The van der Waals surface area contributed by atoms with Gasteiger partial charge in [0.05, 0.1) is 31.4 Å². The van der Waals surface area contributed by atoms with E-state index in [4.69, 9.17) is 18.9 Å². The Morgan fingerprint density at radius 1 is 1.28 bits per heavy atom. The number of fused-ring (bicyclic) bond motifs is 3. The number of methoxy groups -OCH3 is 1. The minimum Gasteiger partial charge on any atom is -0.496 e. The number of furan rings is 1. The summed E-state index contributed by atoms with van der Waals surface area (Å²) < 4.78 is 17.9. The van der Waals surface area contributed by atoms with Gasteiger partial charge in [-0.15, -0.1) is 0 Å². The molecule has 1 fully saturated rings. The highest BCUT2D eigenvalue weighted by Crippen LogP contribution is 2.44. The highest BCUT2D eigenvalue weighted by molar-refractivity contribution is 7.08. The number of aromatic nitrogens is 1. The van der Waals surface area contributed by atoms with Crippen molar-refractivity contribution in [2.24, 2.45) is 4.99 Å². The Labute approximate surface area is 230 Å². The number of carbonyl (C=O) groups excluding carboxylic acids is 1. The predicted octanol–water partition coefficient (Wildman–Crippen LogP) is 5.40. The number of thiophene rings is 1. The van der Waals surface area contributed by atoms with Crippen LogP contribution in [-0.4, -0.2) is 60.5 Å². The first-order chi connectivity index (χ1) is 18.9. The molecule has 1 aromatic carbocycles. The van der Waals surface area contributed by atoms with Crippen LogP contribution in [0.1, 0.15) is 48.6 Å². The van der Waals surface area contributed by atoms with Crippen molar-refractivity contribution in [2.75, 3.05) is 33.4 Å². The quantitative estimate of drug-likeness (QED) is 0.344. The fourth-order valence-corrected chi connectivity index (χ4v) is 6.28. The standard InChI is InChI=1S/C30H28N4O4S/c1-30(2)17-37-8-7-34(30)29(35)27-28-26(21(4-6-33-27)19-5-9-39-16-19)23-11-22(24(36-3)12-25(23)38-28)20-10-18(13-31)14-32-15-20/h5,9-12,14-16,21H,4,6-8,17H2,1-3H3. The van der Waals surface area contributed by atoms with Crippen LogP contribution < -0.4 is 4.74 Å². The molecule has 1 atom stereocenters. The molecule has 1 amide bonds. The molecule has 1 unspecified atom stereocenters. The topological polar surface area (TPSA) is 101 Å². The molecule has 0 radical (unpaired) electrons. The van der Waals surface area contributed by atoms with Crippen LogP contribution in [0.15, 0.2) is 56.8 Å². The molecular weight excluding hydrogens is 512 g/mol. The van der Waals surface area contributed by atoms with Gasteiger partial charge in [0, 0.05) is 59.5 Å². The average Bonchev–Trinajstić information content (AvgIpc) is 3.56. The zero-order valence-electron chi connectivity index (χ0n) is 22.1. The minimum atomic E-state index is -0.460. The molecule has 3 aromatic heterocycles. The molecule has 198 valence electrons. The van der Waals surface area contributed by atoms with Crippen molar-refractivity contribution in [3.05, 3.63) is 69.9 Å². The van der Waals surface area contributed by atoms with E-state index in [-0.39, 0.29) is 11.8 Å². The largest absolute Gasteiger partial charge is 0.496 e. The molecule has 4 aromatic rings. The molecule has 5 heterocycles. The van der Waals surface area contributed by atoms with Gasteiger partial charge in [0.25, 0.3) is 5.91 Å². The average molecular weight is 541 g/mol. The normalized spacial score (nSPS) is 18.7. The van der Waals surface area contributed by atoms with Crippen molar-refractivity contribution < 1.29 is 18.7 Å². The molecule has 0 N–H and O–H groups in total. The van der Waals surface area contributed by atoms with Crippen molar-refractivity contribution in [3.8, 4) is 22.9 Å². The monoisotopic (exact) mass is 540 g/mol. The first-order valence-electron chi connectivity index (χ1n) is 12.9. The summed E-state index contributed by atoms with van der Waals surface area (Å²) in [7, 11) is 1.60. The second-order valence-corrected chi connectivity index (χ2v) is 11.2. The third kappa shape index (κ3) is 4.40.